The SMILES string of the molecule is CC(C)N(C(=O)CS[C@H]1CCO[C@H]1C)c1ccccc1. The van der Waals surface area contributed by atoms with Crippen LogP contribution in [0.25, 0.3) is 0 Å². The summed E-state index contributed by atoms with van der Waals surface area (Å²) in [5.74, 6) is 0.695. The maximum absolute atomic E-state index is 12.5. The molecule has 1 aromatic rings. The fourth-order valence-electron chi connectivity index (χ4n) is 2.50. The topological polar surface area (TPSA) is 29.5 Å². The highest BCUT2D eigenvalue weighted by Gasteiger charge is 2.27. The molecule has 0 radical (unpaired) electrons. The monoisotopic (exact) mass is 293 g/mol. The lowest BCUT2D eigenvalue weighted by atomic mass is 10.2. The number of ether oxygens (including phenoxy) is 1. The number of amides is 1. The van der Waals surface area contributed by atoms with Crippen LogP contribution in [0.15, 0.2) is 30.3 Å². The van der Waals surface area contributed by atoms with Crippen LogP contribution in [-0.4, -0.2) is 35.7 Å². The molecule has 0 bridgehead atoms. The van der Waals surface area contributed by atoms with Gasteiger partial charge in [0, 0.05) is 23.6 Å². The molecule has 0 spiro atoms. The van der Waals surface area contributed by atoms with Crippen LogP contribution in [0.2, 0.25) is 0 Å². The quantitative estimate of drug-likeness (QED) is 0.834. The molecule has 0 aliphatic carbocycles. The summed E-state index contributed by atoms with van der Waals surface area (Å²) in [4.78, 5) is 14.4. The predicted molar refractivity (Wildman–Crippen MR) is 85.3 cm³/mol. The van der Waals surface area contributed by atoms with Gasteiger partial charge in [-0.1, -0.05) is 18.2 Å². The minimum atomic E-state index is 0.169. The Bertz CT molecular complexity index is 435. The first kappa shape index (κ1) is 15.4. The fourth-order valence-corrected chi connectivity index (χ4v) is 3.61. The van der Waals surface area contributed by atoms with E-state index in [4.69, 9.17) is 4.74 Å². The van der Waals surface area contributed by atoms with Gasteiger partial charge in [-0.3, -0.25) is 4.79 Å². The molecule has 1 saturated heterocycles. The van der Waals surface area contributed by atoms with E-state index in [1.807, 2.05) is 35.2 Å². The maximum atomic E-state index is 12.5. The van der Waals surface area contributed by atoms with Gasteiger partial charge < -0.3 is 9.64 Å². The van der Waals surface area contributed by atoms with Crippen molar-refractivity contribution >= 4 is 23.4 Å². The van der Waals surface area contributed by atoms with Crippen molar-refractivity contribution in [3.8, 4) is 0 Å². The Hall–Kier alpha value is -1.00. The van der Waals surface area contributed by atoms with Crippen LogP contribution in [-0.2, 0) is 9.53 Å². The molecule has 1 aromatic carbocycles. The van der Waals surface area contributed by atoms with Crippen molar-refractivity contribution in [3.05, 3.63) is 30.3 Å². The number of hydrogen-bond donors (Lipinski definition) is 0. The molecule has 1 heterocycles. The van der Waals surface area contributed by atoms with Gasteiger partial charge in [-0.05, 0) is 39.3 Å². The van der Waals surface area contributed by atoms with Crippen molar-refractivity contribution in [1.82, 2.24) is 0 Å². The molecular weight excluding hydrogens is 270 g/mol. The van der Waals surface area contributed by atoms with Gasteiger partial charge in [0.2, 0.25) is 5.91 Å². The van der Waals surface area contributed by atoms with Gasteiger partial charge in [-0.25, -0.2) is 0 Å². The number of hydrogen-bond acceptors (Lipinski definition) is 3. The highest BCUT2D eigenvalue weighted by Crippen LogP contribution is 2.27. The maximum Gasteiger partial charge on any atom is 0.237 e. The fraction of sp³-hybridized carbons (Fsp3) is 0.562. The molecule has 1 fully saturated rings. The highest BCUT2D eigenvalue weighted by molar-refractivity contribution is 8.00. The van der Waals surface area contributed by atoms with E-state index < -0.39 is 0 Å². The van der Waals surface area contributed by atoms with Crippen LogP contribution in [0.5, 0.6) is 0 Å². The number of rotatable bonds is 5. The molecule has 3 nitrogen and oxygen atoms in total. The summed E-state index contributed by atoms with van der Waals surface area (Å²) in [6.45, 7) is 7.01. The van der Waals surface area contributed by atoms with Crippen LogP contribution in [0.4, 0.5) is 5.69 Å². The average Bonchev–Trinajstić information content (AvgIpc) is 2.83. The van der Waals surface area contributed by atoms with E-state index in [1.165, 1.54) is 0 Å². The zero-order chi connectivity index (χ0) is 14.5. The summed E-state index contributed by atoms with van der Waals surface area (Å²) >= 11 is 1.72. The van der Waals surface area contributed by atoms with Gasteiger partial charge in [-0.2, -0.15) is 0 Å². The summed E-state index contributed by atoms with van der Waals surface area (Å²) in [6, 6.07) is 10.1. The molecule has 20 heavy (non-hydrogen) atoms. The van der Waals surface area contributed by atoms with E-state index in [-0.39, 0.29) is 18.1 Å². The molecule has 1 aliphatic rings. The van der Waals surface area contributed by atoms with Crippen molar-refractivity contribution in [2.45, 2.75) is 44.6 Å². The molecule has 2 rings (SSSR count). The standard InChI is InChI=1S/C16H23NO2S/c1-12(2)17(14-7-5-4-6-8-14)16(18)11-20-15-9-10-19-13(15)3/h4-8,12-13,15H,9-11H2,1-3H3/t13-,15-/m0/s1. The molecule has 110 valence electrons. The molecule has 4 heteroatoms. The van der Waals surface area contributed by atoms with E-state index in [0.717, 1.165) is 18.7 Å². The molecule has 1 amide bonds. The number of thioether (sulfide) groups is 1. The first-order valence-corrected chi connectivity index (χ1v) is 8.24. The third-order valence-corrected chi connectivity index (χ3v) is 5.01. The van der Waals surface area contributed by atoms with Gasteiger partial charge in [0.05, 0.1) is 11.9 Å². The summed E-state index contributed by atoms with van der Waals surface area (Å²) in [5.41, 5.74) is 0.976. The summed E-state index contributed by atoms with van der Waals surface area (Å²) < 4.78 is 5.54. The first-order valence-electron chi connectivity index (χ1n) is 7.20. The van der Waals surface area contributed by atoms with Crippen LogP contribution in [0, 0.1) is 0 Å². The van der Waals surface area contributed by atoms with Crippen LogP contribution in [0.1, 0.15) is 27.2 Å². The molecule has 0 N–H and O–H groups in total. The van der Waals surface area contributed by atoms with Gasteiger partial charge in [0.25, 0.3) is 0 Å². The largest absolute Gasteiger partial charge is 0.377 e. The van der Waals surface area contributed by atoms with Crippen LogP contribution < -0.4 is 4.90 Å². The Labute approximate surface area is 125 Å². The lowest BCUT2D eigenvalue weighted by Gasteiger charge is -2.27. The normalized spacial score (nSPS) is 22.2. The number of nitrogens with zero attached hydrogens (tertiary/aromatic N) is 1. The van der Waals surface area contributed by atoms with Crippen LogP contribution >= 0.6 is 11.8 Å². The Kier molecular flexibility index (Phi) is 5.49. The first-order chi connectivity index (χ1) is 9.59. The minimum absolute atomic E-state index is 0.169. The predicted octanol–water partition coefficient (Wildman–Crippen LogP) is 3.34. The zero-order valence-corrected chi connectivity index (χ0v) is 13.2. The van der Waals surface area contributed by atoms with Gasteiger partial charge in [-0.15, -0.1) is 11.8 Å². The van der Waals surface area contributed by atoms with E-state index in [2.05, 4.69) is 20.8 Å². The third kappa shape index (κ3) is 3.76. The van der Waals surface area contributed by atoms with Crippen molar-refractivity contribution in [3.63, 3.8) is 0 Å². The molecule has 2 atom stereocenters. The number of carbonyl (C=O) groups excluding carboxylic acids is 1. The van der Waals surface area contributed by atoms with E-state index >= 15 is 0 Å². The van der Waals surface area contributed by atoms with Crippen molar-refractivity contribution in [1.29, 1.82) is 0 Å². The van der Waals surface area contributed by atoms with Gasteiger partial charge in [0.15, 0.2) is 0 Å². The van der Waals surface area contributed by atoms with E-state index in [0.29, 0.717) is 11.0 Å². The Balaban J connectivity index is 1.97. The van der Waals surface area contributed by atoms with Gasteiger partial charge in [0.1, 0.15) is 0 Å². The van der Waals surface area contributed by atoms with Crippen molar-refractivity contribution in [2.75, 3.05) is 17.3 Å². The summed E-state index contributed by atoms with van der Waals surface area (Å²) in [6.07, 6.45) is 1.31. The Morgan fingerprint density at radius 1 is 1.40 bits per heavy atom. The average molecular weight is 293 g/mol. The van der Waals surface area contributed by atoms with Crippen molar-refractivity contribution < 1.29 is 9.53 Å². The number of para-hydroxylation sites is 1. The number of anilines is 1. The summed E-state index contributed by atoms with van der Waals surface area (Å²) in [5, 5.41) is 0.448. The second-order valence-electron chi connectivity index (χ2n) is 5.41. The third-order valence-electron chi connectivity index (χ3n) is 3.55. The Morgan fingerprint density at radius 3 is 2.65 bits per heavy atom. The molecular formula is C16H23NO2S. The molecule has 0 saturated carbocycles. The zero-order valence-electron chi connectivity index (χ0n) is 12.4. The van der Waals surface area contributed by atoms with Gasteiger partial charge >= 0.3 is 0 Å². The minimum Gasteiger partial charge on any atom is -0.377 e. The second kappa shape index (κ2) is 7.14. The Morgan fingerprint density at radius 2 is 2.10 bits per heavy atom. The molecule has 0 unspecified atom stereocenters. The highest BCUT2D eigenvalue weighted by atomic mass is 32.2. The van der Waals surface area contributed by atoms with E-state index in [1.54, 1.807) is 11.8 Å². The lowest BCUT2D eigenvalue weighted by Crippen LogP contribution is -2.38. The number of benzene rings is 1. The summed E-state index contributed by atoms with van der Waals surface area (Å²) in [7, 11) is 0. The van der Waals surface area contributed by atoms with Crippen LogP contribution in [0.3, 0.4) is 0 Å². The van der Waals surface area contributed by atoms with E-state index in [9.17, 15) is 4.79 Å². The van der Waals surface area contributed by atoms with Crippen molar-refractivity contribution in [2.24, 2.45) is 0 Å². The number of carbonyl (C=O) groups is 1. The smallest absolute Gasteiger partial charge is 0.237 e. The lowest BCUT2D eigenvalue weighted by molar-refractivity contribution is -0.116. The molecule has 1 aliphatic heterocycles. The second-order valence-corrected chi connectivity index (χ2v) is 6.63. The molecule has 0 aromatic heterocycles.